The van der Waals surface area contributed by atoms with E-state index < -0.39 is 11.9 Å². The molecular weight excluding hydrogens is 232 g/mol. The van der Waals surface area contributed by atoms with Crippen LogP contribution in [-0.2, 0) is 0 Å². The van der Waals surface area contributed by atoms with Crippen LogP contribution in [0, 0.1) is 0 Å². The molecule has 0 saturated carbocycles. The monoisotopic (exact) mass is 240 g/mol. The molecule has 0 spiro atoms. The Labute approximate surface area is 96.8 Å². The Morgan fingerprint density at radius 2 is 1.62 bits per heavy atom. The second-order valence-corrected chi connectivity index (χ2v) is 3.32. The number of benzene rings is 1. The van der Waals surface area contributed by atoms with E-state index in [1.54, 1.807) is 12.2 Å². The fourth-order valence-electron chi connectivity index (χ4n) is 1.18. The lowest BCUT2D eigenvalue weighted by molar-refractivity contribution is 0.0696. The smallest absolute Gasteiger partial charge is 0.335 e. The summed E-state index contributed by atoms with van der Waals surface area (Å²) >= 11 is 5.44. The van der Waals surface area contributed by atoms with E-state index in [1.807, 2.05) is 0 Å². The van der Waals surface area contributed by atoms with Crippen molar-refractivity contribution in [3.05, 3.63) is 41.0 Å². The van der Waals surface area contributed by atoms with Gasteiger partial charge in [-0.2, -0.15) is 0 Å². The maximum Gasteiger partial charge on any atom is 0.335 e. The van der Waals surface area contributed by atoms with Crippen LogP contribution in [0.1, 0.15) is 26.3 Å². The molecule has 1 aromatic rings. The normalized spacial score (nSPS) is 10.6. The van der Waals surface area contributed by atoms with Crippen LogP contribution in [0.4, 0.5) is 0 Å². The zero-order valence-electron chi connectivity index (χ0n) is 8.18. The highest BCUT2D eigenvalue weighted by Gasteiger charge is 2.09. The van der Waals surface area contributed by atoms with Crippen molar-refractivity contribution in [3.63, 3.8) is 0 Å². The molecule has 84 valence electrons. The number of halogens is 1. The van der Waals surface area contributed by atoms with Gasteiger partial charge in [0.1, 0.15) is 0 Å². The molecule has 0 aliphatic rings. The minimum atomic E-state index is -1.16. The van der Waals surface area contributed by atoms with Crippen LogP contribution in [0.3, 0.4) is 0 Å². The summed E-state index contributed by atoms with van der Waals surface area (Å²) in [6, 6.07) is 3.89. The van der Waals surface area contributed by atoms with E-state index in [4.69, 9.17) is 21.8 Å². The van der Waals surface area contributed by atoms with Gasteiger partial charge < -0.3 is 10.2 Å². The van der Waals surface area contributed by atoms with Gasteiger partial charge in [0.05, 0.1) is 11.1 Å². The fourth-order valence-corrected chi connectivity index (χ4v) is 1.26. The van der Waals surface area contributed by atoms with Crippen LogP contribution in [0.2, 0.25) is 0 Å². The fraction of sp³-hybridized carbons (Fsp3) is 0.0909. The molecule has 16 heavy (non-hydrogen) atoms. The zero-order chi connectivity index (χ0) is 12.1. The van der Waals surface area contributed by atoms with Gasteiger partial charge in [-0.3, -0.25) is 0 Å². The van der Waals surface area contributed by atoms with Crippen LogP contribution in [0.25, 0.3) is 6.08 Å². The van der Waals surface area contributed by atoms with Crippen molar-refractivity contribution in [1.29, 1.82) is 0 Å². The van der Waals surface area contributed by atoms with Crippen LogP contribution in [0.5, 0.6) is 0 Å². The molecule has 0 amide bonds. The molecule has 1 aromatic carbocycles. The highest BCUT2D eigenvalue weighted by Crippen LogP contribution is 2.12. The summed E-state index contributed by atoms with van der Waals surface area (Å²) in [7, 11) is 0. The molecule has 0 saturated heterocycles. The number of aromatic carboxylic acids is 2. The second kappa shape index (κ2) is 5.32. The van der Waals surface area contributed by atoms with Gasteiger partial charge in [-0.1, -0.05) is 12.2 Å². The number of allylic oxidation sites excluding steroid dienone is 1. The van der Waals surface area contributed by atoms with Gasteiger partial charge in [0.15, 0.2) is 0 Å². The number of carboxylic acids is 2. The first-order valence-electron chi connectivity index (χ1n) is 4.39. The Kier molecular flexibility index (Phi) is 4.08. The minimum Gasteiger partial charge on any atom is -0.478 e. The van der Waals surface area contributed by atoms with Crippen LogP contribution < -0.4 is 0 Å². The van der Waals surface area contributed by atoms with Gasteiger partial charge in [0.25, 0.3) is 0 Å². The third kappa shape index (κ3) is 3.10. The molecule has 0 aromatic heterocycles. The summed E-state index contributed by atoms with van der Waals surface area (Å²) in [5.41, 5.74) is 0.376. The van der Waals surface area contributed by atoms with Gasteiger partial charge in [-0.25, -0.2) is 9.59 Å². The quantitative estimate of drug-likeness (QED) is 0.792. The summed E-state index contributed by atoms with van der Waals surface area (Å²) in [5.74, 6) is -2.05. The summed E-state index contributed by atoms with van der Waals surface area (Å²) in [6.45, 7) is 0. The third-order valence-corrected chi connectivity index (χ3v) is 2.03. The number of carbonyl (C=O) groups is 2. The first kappa shape index (κ1) is 12.3. The van der Waals surface area contributed by atoms with E-state index in [0.717, 1.165) is 6.07 Å². The number of hydrogen-bond acceptors (Lipinski definition) is 2. The zero-order valence-corrected chi connectivity index (χ0v) is 8.94. The van der Waals surface area contributed by atoms with E-state index in [2.05, 4.69) is 0 Å². The van der Waals surface area contributed by atoms with Crippen molar-refractivity contribution in [2.75, 3.05) is 5.88 Å². The number of carboxylic acid groups (broad SMARTS) is 2. The molecular formula is C11H9ClO4. The van der Waals surface area contributed by atoms with Gasteiger partial charge in [0.2, 0.25) is 0 Å². The SMILES string of the molecule is O=C(O)c1cc(C=CCCl)cc(C(=O)O)c1. The van der Waals surface area contributed by atoms with Gasteiger partial charge in [-0.15, -0.1) is 11.6 Å². The molecule has 0 bridgehead atoms. The summed E-state index contributed by atoms with van der Waals surface area (Å²) < 4.78 is 0. The molecule has 4 nitrogen and oxygen atoms in total. The molecule has 2 N–H and O–H groups in total. The van der Waals surface area contributed by atoms with Gasteiger partial charge in [-0.05, 0) is 23.8 Å². The Bertz CT molecular complexity index is 419. The van der Waals surface area contributed by atoms with E-state index in [9.17, 15) is 9.59 Å². The summed E-state index contributed by atoms with van der Waals surface area (Å²) in [6.07, 6.45) is 3.18. The van der Waals surface area contributed by atoms with Crippen molar-refractivity contribution < 1.29 is 19.8 Å². The predicted molar refractivity (Wildman–Crippen MR) is 60.1 cm³/mol. The average Bonchev–Trinajstić information content (AvgIpc) is 2.25. The van der Waals surface area contributed by atoms with E-state index in [1.165, 1.54) is 12.1 Å². The maximum atomic E-state index is 10.8. The van der Waals surface area contributed by atoms with E-state index in [0.29, 0.717) is 5.56 Å². The lowest BCUT2D eigenvalue weighted by Gasteiger charge is -2.01. The molecule has 1 rings (SSSR count). The van der Waals surface area contributed by atoms with Crippen molar-refractivity contribution in [1.82, 2.24) is 0 Å². The number of alkyl halides is 1. The molecule has 0 atom stereocenters. The molecule has 5 heteroatoms. The summed E-state index contributed by atoms with van der Waals surface area (Å²) in [4.78, 5) is 21.5. The van der Waals surface area contributed by atoms with E-state index >= 15 is 0 Å². The minimum absolute atomic E-state index is 0.0610. The number of hydrogen-bond donors (Lipinski definition) is 2. The Hall–Kier alpha value is -1.81. The largest absolute Gasteiger partial charge is 0.478 e. The Balaban J connectivity index is 3.24. The average molecular weight is 241 g/mol. The molecule has 0 radical (unpaired) electrons. The van der Waals surface area contributed by atoms with E-state index in [-0.39, 0.29) is 17.0 Å². The molecule has 0 heterocycles. The van der Waals surface area contributed by atoms with Crippen LogP contribution >= 0.6 is 11.6 Å². The first-order chi connectivity index (χ1) is 7.54. The maximum absolute atomic E-state index is 10.8. The van der Waals surface area contributed by atoms with Crippen molar-refractivity contribution in [2.24, 2.45) is 0 Å². The van der Waals surface area contributed by atoms with Crippen molar-refractivity contribution in [2.45, 2.75) is 0 Å². The first-order valence-corrected chi connectivity index (χ1v) is 4.92. The second-order valence-electron chi connectivity index (χ2n) is 3.01. The third-order valence-electron chi connectivity index (χ3n) is 1.85. The van der Waals surface area contributed by atoms with Crippen LogP contribution in [0.15, 0.2) is 24.3 Å². The lowest BCUT2D eigenvalue weighted by atomic mass is 10.1. The molecule has 0 aliphatic heterocycles. The van der Waals surface area contributed by atoms with Crippen molar-refractivity contribution >= 4 is 29.6 Å². The summed E-state index contributed by atoms with van der Waals surface area (Å²) in [5, 5.41) is 17.6. The molecule has 0 fully saturated rings. The molecule has 0 aliphatic carbocycles. The highest BCUT2D eigenvalue weighted by molar-refractivity contribution is 6.19. The van der Waals surface area contributed by atoms with Gasteiger partial charge in [0, 0.05) is 5.88 Å². The Morgan fingerprint density at radius 1 is 1.12 bits per heavy atom. The standard InChI is InChI=1S/C11H9ClO4/c12-3-1-2-7-4-8(10(13)14)6-9(5-7)11(15)16/h1-2,4-6H,3H2,(H,13,14)(H,15,16). The van der Waals surface area contributed by atoms with Crippen molar-refractivity contribution in [3.8, 4) is 0 Å². The predicted octanol–water partition coefficient (Wildman–Crippen LogP) is 2.33. The van der Waals surface area contributed by atoms with Crippen LogP contribution in [-0.4, -0.2) is 28.0 Å². The highest BCUT2D eigenvalue weighted by atomic mass is 35.5. The number of rotatable bonds is 4. The van der Waals surface area contributed by atoms with Gasteiger partial charge >= 0.3 is 11.9 Å². The topological polar surface area (TPSA) is 74.6 Å². The Morgan fingerprint density at radius 3 is 2.00 bits per heavy atom. The lowest BCUT2D eigenvalue weighted by Crippen LogP contribution is -2.02. The molecule has 0 unspecified atom stereocenters.